The van der Waals surface area contributed by atoms with Crippen LogP contribution in [0, 0.1) is 0 Å². The van der Waals surface area contributed by atoms with Gasteiger partial charge in [0, 0.05) is 19.6 Å². The van der Waals surface area contributed by atoms with Gasteiger partial charge in [-0.25, -0.2) is 0 Å². The smallest absolute Gasteiger partial charge is 0.142 e. The molecule has 1 saturated carbocycles. The summed E-state index contributed by atoms with van der Waals surface area (Å²) in [6.45, 7) is 4.23. The molecule has 0 aliphatic heterocycles. The minimum absolute atomic E-state index is 0.663. The Balaban J connectivity index is 2.01. The van der Waals surface area contributed by atoms with Crippen LogP contribution in [-0.2, 0) is 6.54 Å². The largest absolute Gasteiger partial charge is 0.495 e. The van der Waals surface area contributed by atoms with Crippen LogP contribution in [-0.4, -0.2) is 26.7 Å². The standard InChI is InChI=1S/C19H32N2O/c1-4-5-13-20-15-16-11-12-18(19(14-16)22-3)21(2)17-9-7-6-8-10-17/h11-12,14,17,20H,4-10,13,15H2,1-3H3. The van der Waals surface area contributed by atoms with Gasteiger partial charge in [-0.3, -0.25) is 0 Å². The van der Waals surface area contributed by atoms with E-state index in [1.165, 1.54) is 56.2 Å². The molecule has 0 heterocycles. The monoisotopic (exact) mass is 304 g/mol. The zero-order valence-corrected chi connectivity index (χ0v) is 14.5. The highest BCUT2D eigenvalue weighted by atomic mass is 16.5. The van der Waals surface area contributed by atoms with Crippen molar-refractivity contribution in [2.45, 2.75) is 64.5 Å². The maximum absolute atomic E-state index is 5.66. The van der Waals surface area contributed by atoms with Crippen LogP contribution in [0.1, 0.15) is 57.4 Å². The lowest BCUT2D eigenvalue weighted by Crippen LogP contribution is -2.33. The van der Waals surface area contributed by atoms with Crippen molar-refractivity contribution in [1.29, 1.82) is 0 Å². The summed E-state index contributed by atoms with van der Waals surface area (Å²) >= 11 is 0. The second kappa shape index (κ2) is 9.04. The van der Waals surface area contributed by atoms with Gasteiger partial charge in [-0.05, 0) is 43.5 Å². The van der Waals surface area contributed by atoms with Crippen LogP contribution in [0.2, 0.25) is 0 Å². The van der Waals surface area contributed by atoms with Crippen molar-refractivity contribution in [1.82, 2.24) is 5.32 Å². The number of hydrogen-bond acceptors (Lipinski definition) is 3. The number of ether oxygens (including phenoxy) is 1. The maximum atomic E-state index is 5.66. The molecule has 0 atom stereocenters. The first kappa shape index (κ1) is 17.1. The summed E-state index contributed by atoms with van der Waals surface area (Å²) in [6.07, 6.45) is 9.19. The van der Waals surface area contributed by atoms with E-state index in [0.29, 0.717) is 6.04 Å². The van der Waals surface area contributed by atoms with E-state index in [0.717, 1.165) is 18.8 Å². The summed E-state index contributed by atoms with van der Waals surface area (Å²) in [5.74, 6) is 1.00. The quantitative estimate of drug-likeness (QED) is 0.722. The minimum atomic E-state index is 0.663. The zero-order chi connectivity index (χ0) is 15.8. The average Bonchev–Trinajstić information content (AvgIpc) is 2.58. The number of benzene rings is 1. The fraction of sp³-hybridized carbons (Fsp3) is 0.684. The molecule has 3 nitrogen and oxygen atoms in total. The van der Waals surface area contributed by atoms with Gasteiger partial charge in [-0.1, -0.05) is 38.7 Å². The van der Waals surface area contributed by atoms with Crippen molar-refractivity contribution in [3.8, 4) is 5.75 Å². The molecule has 0 radical (unpaired) electrons. The molecule has 124 valence electrons. The van der Waals surface area contributed by atoms with Crippen molar-refractivity contribution >= 4 is 5.69 Å². The fourth-order valence-electron chi connectivity index (χ4n) is 3.32. The second-order valence-electron chi connectivity index (χ2n) is 6.44. The molecule has 1 N–H and O–H groups in total. The molecular weight excluding hydrogens is 272 g/mol. The number of anilines is 1. The van der Waals surface area contributed by atoms with Gasteiger partial charge < -0.3 is 15.0 Å². The van der Waals surface area contributed by atoms with Crippen LogP contribution >= 0.6 is 0 Å². The van der Waals surface area contributed by atoms with Gasteiger partial charge in [0.2, 0.25) is 0 Å². The highest BCUT2D eigenvalue weighted by molar-refractivity contribution is 5.60. The third-order valence-electron chi connectivity index (χ3n) is 4.78. The van der Waals surface area contributed by atoms with Crippen LogP contribution < -0.4 is 15.0 Å². The predicted molar refractivity (Wildman–Crippen MR) is 94.9 cm³/mol. The van der Waals surface area contributed by atoms with E-state index in [1.807, 2.05) is 0 Å². The molecule has 0 unspecified atom stereocenters. The number of methoxy groups -OCH3 is 1. The van der Waals surface area contributed by atoms with E-state index in [9.17, 15) is 0 Å². The Bertz CT molecular complexity index is 441. The van der Waals surface area contributed by atoms with Crippen molar-refractivity contribution in [2.24, 2.45) is 0 Å². The summed E-state index contributed by atoms with van der Waals surface area (Å²) in [7, 11) is 3.99. The lowest BCUT2D eigenvalue weighted by molar-refractivity contribution is 0.401. The van der Waals surface area contributed by atoms with Crippen molar-refractivity contribution in [3.05, 3.63) is 23.8 Å². The molecule has 0 saturated heterocycles. The van der Waals surface area contributed by atoms with Gasteiger partial charge >= 0.3 is 0 Å². The van der Waals surface area contributed by atoms with E-state index in [1.54, 1.807) is 7.11 Å². The number of unbranched alkanes of at least 4 members (excludes halogenated alkanes) is 1. The van der Waals surface area contributed by atoms with Crippen LogP contribution in [0.15, 0.2) is 18.2 Å². The highest BCUT2D eigenvalue weighted by Crippen LogP contribution is 2.33. The Morgan fingerprint density at radius 3 is 2.68 bits per heavy atom. The van der Waals surface area contributed by atoms with E-state index >= 15 is 0 Å². The molecule has 1 aliphatic carbocycles. The zero-order valence-electron chi connectivity index (χ0n) is 14.5. The predicted octanol–water partition coefficient (Wildman–Crippen LogP) is 4.35. The lowest BCUT2D eigenvalue weighted by atomic mass is 9.94. The first-order chi connectivity index (χ1) is 10.8. The van der Waals surface area contributed by atoms with Gasteiger partial charge in [0.25, 0.3) is 0 Å². The molecule has 22 heavy (non-hydrogen) atoms. The Kier molecular flexibility index (Phi) is 7.04. The number of nitrogens with zero attached hydrogens (tertiary/aromatic N) is 1. The van der Waals surface area contributed by atoms with Gasteiger partial charge in [0.15, 0.2) is 0 Å². The summed E-state index contributed by atoms with van der Waals surface area (Å²) in [6, 6.07) is 7.31. The van der Waals surface area contributed by atoms with E-state index in [4.69, 9.17) is 4.74 Å². The molecule has 0 aromatic heterocycles. The molecule has 1 aromatic carbocycles. The van der Waals surface area contributed by atoms with Gasteiger partial charge in [-0.2, -0.15) is 0 Å². The Hall–Kier alpha value is -1.22. The van der Waals surface area contributed by atoms with E-state index < -0.39 is 0 Å². The Morgan fingerprint density at radius 2 is 2.00 bits per heavy atom. The van der Waals surface area contributed by atoms with Crippen LogP contribution in [0.25, 0.3) is 0 Å². The fourth-order valence-corrected chi connectivity index (χ4v) is 3.32. The summed E-state index contributed by atoms with van der Waals surface area (Å²) in [5.41, 5.74) is 2.53. The lowest BCUT2D eigenvalue weighted by Gasteiger charge is -2.33. The highest BCUT2D eigenvalue weighted by Gasteiger charge is 2.20. The second-order valence-corrected chi connectivity index (χ2v) is 6.44. The molecule has 2 rings (SSSR count). The first-order valence-corrected chi connectivity index (χ1v) is 8.86. The van der Waals surface area contributed by atoms with Crippen LogP contribution in [0.4, 0.5) is 5.69 Å². The van der Waals surface area contributed by atoms with Gasteiger partial charge in [0.1, 0.15) is 5.75 Å². The Morgan fingerprint density at radius 1 is 1.23 bits per heavy atom. The van der Waals surface area contributed by atoms with Crippen LogP contribution in [0.5, 0.6) is 5.75 Å². The number of nitrogens with one attached hydrogen (secondary N) is 1. The van der Waals surface area contributed by atoms with Gasteiger partial charge in [-0.15, -0.1) is 0 Å². The van der Waals surface area contributed by atoms with Crippen LogP contribution in [0.3, 0.4) is 0 Å². The first-order valence-electron chi connectivity index (χ1n) is 8.86. The summed E-state index contributed by atoms with van der Waals surface area (Å²) in [4.78, 5) is 2.42. The molecule has 0 amide bonds. The van der Waals surface area contributed by atoms with Crippen molar-refractivity contribution in [3.63, 3.8) is 0 Å². The van der Waals surface area contributed by atoms with E-state index in [2.05, 4.69) is 42.4 Å². The molecule has 0 bridgehead atoms. The maximum Gasteiger partial charge on any atom is 0.142 e. The number of rotatable bonds is 8. The third kappa shape index (κ3) is 4.64. The molecule has 1 fully saturated rings. The Labute approximate surface area is 136 Å². The van der Waals surface area contributed by atoms with E-state index in [-0.39, 0.29) is 0 Å². The molecule has 0 spiro atoms. The topological polar surface area (TPSA) is 24.5 Å². The van der Waals surface area contributed by atoms with Gasteiger partial charge in [0.05, 0.1) is 12.8 Å². The normalized spacial score (nSPS) is 15.8. The summed E-state index contributed by atoms with van der Waals surface area (Å²) < 4.78 is 5.66. The average molecular weight is 304 g/mol. The molecule has 3 heteroatoms. The minimum Gasteiger partial charge on any atom is -0.495 e. The summed E-state index contributed by atoms with van der Waals surface area (Å²) in [5, 5.41) is 3.50. The molecular formula is C19H32N2O. The number of hydrogen-bond donors (Lipinski definition) is 1. The SMILES string of the molecule is CCCCNCc1ccc(N(C)C2CCCCC2)c(OC)c1. The molecule has 1 aromatic rings. The van der Waals surface area contributed by atoms with Crippen molar-refractivity contribution < 1.29 is 4.74 Å². The van der Waals surface area contributed by atoms with Crippen molar-refractivity contribution in [2.75, 3.05) is 25.6 Å². The third-order valence-corrected chi connectivity index (χ3v) is 4.78. The molecule has 1 aliphatic rings.